The van der Waals surface area contributed by atoms with Crippen molar-refractivity contribution in [2.24, 2.45) is 0 Å². The fourth-order valence-electron chi connectivity index (χ4n) is 2.65. The average Bonchev–Trinajstić information content (AvgIpc) is 3.19. The molecule has 0 radical (unpaired) electrons. The van der Waals surface area contributed by atoms with Crippen LogP contribution in [0.15, 0.2) is 59.8 Å². The van der Waals surface area contributed by atoms with Gasteiger partial charge in [0.2, 0.25) is 11.1 Å². The molecule has 1 aromatic heterocycles. The van der Waals surface area contributed by atoms with Crippen molar-refractivity contribution in [2.45, 2.75) is 18.1 Å². The fourth-order valence-corrected chi connectivity index (χ4v) is 3.27. The van der Waals surface area contributed by atoms with Gasteiger partial charge in [-0.05, 0) is 24.6 Å². The number of benzene rings is 2. The Morgan fingerprint density at radius 2 is 1.93 bits per heavy atom. The topological polar surface area (TPSA) is 79.9 Å². The molecule has 1 heterocycles. The zero-order chi connectivity index (χ0) is 19.8. The molecule has 3 aromatic rings. The zero-order valence-corrected chi connectivity index (χ0v) is 16.6. The molecule has 0 aliphatic carbocycles. The summed E-state index contributed by atoms with van der Waals surface area (Å²) in [6, 6.07) is 17.4. The Hall–Kier alpha value is -3.06. The first-order valence-corrected chi connectivity index (χ1v) is 9.85. The smallest absolute Gasteiger partial charge is 0.230 e. The molecule has 0 aliphatic heterocycles. The summed E-state index contributed by atoms with van der Waals surface area (Å²) in [5, 5.41) is 10.5. The van der Waals surface area contributed by atoms with Gasteiger partial charge in [0.1, 0.15) is 11.6 Å². The summed E-state index contributed by atoms with van der Waals surface area (Å²) in [5.74, 6) is 1.55. The number of rotatable bonds is 8. The van der Waals surface area contributed by atoms with Crippen LogP contribution in [0.1, 0.15) is 29.9 Å². The van der Waals surface area contributed by atoms with Gasteiger partial charge in [-0.25, -0.2) is 4.98 Å². The maximum Gasteiger partial charge on any atom is 0.230 e. The first-order valence-electron chi connectivity index (χ1n) is 8.86. The average molecular weight is 395 g/mol. The van der Waals surface area contributed by atoms with E-state index in [1.54, 1.807) is 7.11 Å². The highest BCUT2D eigenvalue weighted by Crippen LogP contribution is 2.24. The van der Waals surface area contributed by atoms with E-state index in [0.717, 1.165) is 16.9 Å². The SMILES string of the molecule is COc1ccccc1C(C)NC(=O)CSc1n[nH]c(/C=C/c2ccccc2)n1. The summed E-state index contributed by atoms with van der Waals surface area (Å²) in [6.45, 7) is 1.93. The second-order valence-electron chi connectivity index (χ2n) is 6.07. The number of para-hydroxylation sites is 1. The molecular formula is C21H22N4O2S. The Bertz CT molecular complexity index is 940. The third-order valence-electron chi connectivity index (χ3n) is 4.03. The third-order valence-corrected chi connectivity index (χ3v) is 4.88. The van der Waals surface area contributed by atoms with E-state index in [1.165, 1.54) is 11.8 Å². The van der Waals surface area contributed by atoms with Crippen molar-refractivity contribution in [1.29, 1.82) is 0 Å². The minimum Gasteiger partial charge on any atom is -0.496 e. The van der Waals surface area contributed by atoms with Crippen LogP contribution >= 0.6 is 11.8 Å². The highest BCUT2D eigenvalue weighted by molar-refractivity contribution is 7.99. The van der Waals surface area contributed by atoms with Crippen molar-refractivity contribution in [1.82, 2.24) is 20.5 Å². The predicted octanol–water partition coefficient (Wildman–Crippen LogP) is 3.95. The number of amides is 1. The fraction of sp³-hybridized carbons (Fsp3) is 0.190. The van der Waals surface area contributed by atoms with Crippen molar-refractivity contribution in [3.8, 4) is 5.75 Å². The molecule has 144 valence electrons. The number of hydrogen-bond acceptors (Lipinski definition) is 5. The molecule has 6 nitrogen and oxygen atoms in total. The van der Waals surface area contributed by atoms with E-state index >= 15 is 0 Å². The summed E-state index contributed by atoms with van der Waals surface area (Å²) in [7, 11) is 1.62. The van der Waals surface area contributed by atoms with Gasteiger partial charge in [-0.1, -0.05) is 66.4 Å². The van der Waals surface area contributed by atoms with Gasteiger partial charge in [-0.2, -0.15) is 0 Å². The molecule has 1 unspecified atom stereocenters. The summed E-state index contributed by atoms with van der Waals surface area (Å²) in [5.41, 5.74) is 2.02. The number of hydrogen-bond donors (Lipinski definition) is 2. The lowest BCUT2D eigenvalue weighted by Crippen LogP contribution is -2.28. The monoisotopic (exact) mass is 394 g/mol. The maximum absolute atomic E-state index is 12.3. The molecule has 0 saturated heterocycles. The van der Waals surface area contributed by atoms with Crippen LogP contribution in [-0.2, 0) is 4.79 Å². The normalized spacial score (nSPS) is 12.1. The van der Waals surface area contributed by atoms with Crippen molar-refractivity contribution in [3.63, 3.8) is 0 Å². The van der Waals surface area contributed by atoms with E-state index in [0.29, 0.717) is 11.0 Å². The zero-order valence-electron chi connectivity index (χ0n) is 15.8. The van der Waals surface area contributed by atoms with Crippen LogP contribution in [0.5, 0.6) is 5.75 Å². The lowest BCUT2D eigenvalue weighted by molar-refractivity contribution is -0.119. The van der Waals surface area contributed by atoms with Crippen LogP contribution in [0.2, 0.25) is 0 Å². The Morgan fingerprint density at radius 1 is 1.18 bits per heavy atom. The van der Waals surface area contributed by atoms with Gasteiger partial charge in [0.15, 0.2) is 0 Å². The van der Waals surface area contributed by atoms with Gasteiger partial charge < -0.3 is 10.1 Å². The number of carbonyl (C=O) groups is 1. The van der Waals surface area contributed by atoms with Gasteiger partial charge in [-0.15, -0.1) is 5.10 Å². The van der Waals surface area contributed by atoms with E-state index in [-0.39, 0.29) is 17.7 Å². The van der Waals surface area contributed by atoms with Crippen LogP contribution in [-0.4, -0.2) is 34.0 Å². The van der Waals surface area contributed by atoms with Crippen molar-refractivity contribution in [3.05, 3.63) is 71.5 Å². The van der Waals surface area contributed by atoms with E-state index < -0.39 is 0 Å². The molecular weight excluding hydrogens is 372 g/mol. The molecule has 1 atom stereocenters. The minimum atomic E-state index is -0.152. The largest absolute Gasteiger partial charge is 0.496 e. The van der Waals surface area contributed by atoms with E-state index in [1.807, 2.05) is 73.7 Å². The maximum atomic E-state index is 12.3. The number of methoxy groups -OCH3 is 1. The number of carbonyl (C=O) groups excluding carboxylic acids is 1. The lowest BCUT2D eigenvalue weighted by atomic mass is 10.1. The van der Waals surface area contributed by atoms with Gasteiger partial charge in [0.25, 0.3) is 0 Å². The van der Waals surface area contributed by atoms with E-state index in [2.05, 4.69) is 20.5 Å². The minimum absolute atomic E-state index is 0.0883. The molecule has 0 spiro atoms. The Labute approximate surface area is 168 Å². The van der Waals surface area contributed by atoms with Crippen LogP contribution in [0.25, 0.3) is 12.2 Å². The molecule has 0 fully saturated rings. The molecule has 3 rings (SSSR count). The molecule has 7 heteroatoms. The van der Waals surface area contributed by atoms with Crippen LogP contribution in [0.4, 0.5) is 0 Å². The molecule has 0 bridgehead atoms. The Morgan fingerprint density at radius 3 is 2.71 bits per heavy atom. The summed E-state index contributed by atoms with van der Waals surface area (Å²) >= 11 is 1.29. The molecule has 1 amide bonds. The van der Waals surface area contributed by atoms with Crippen molar-refractivity contribution >= 4 is 29.8 Å². The summed E-state index contributed by atoms with van der Waals surface area (Å²) in [6.07, 6.45) is 3.81. The Balaban J connectivity index is 1.51. The summed E-state index contributed by atoms with van der Waals surface area (Å²) < 4.78 is 5.35. The van der Waals surface area contributed by atoms with Gasteiger partial charge in [0, 0.05) is 5.56 Å². The van der Waals surface area contributed by atoms with Crippen LogP contribution < -0.4 is 10.1 Å². The van der Waals surface area contributed by atoms with Gasteiger partial charge in [0.05, 0.1) is 18.9 Å². The molecule has 28 heavy (non-hydrogen) atoms. The molecule has 0 aliphatic rings. The number of aromatic nitrogens is 3. The number of nitrogens with zero attached hydrogens (tertiary/aromatic N) is 2. The van der Waals surface area contributed by atoms with Crippen LogP contribution in [0, 0.1) is 0 Å². The van der Waals surface area contributed by atoms with E-state index in [4.69, 9.17) is 4.74 Å². The van der Waals surface area contributed by atoms with Gasteiger partial charge >= 0.3 is 0 Å². The highest BCUT2D eigenvalue weighted by atomic mass is 32.2. The van der Waals surface area contributed by atoms with Crippen molar-refractivity contribution < 1.29 is 9.53 Å². The quantitative estimate of drug-likeness (QED) is 0.566. The Kier molecular flexibility index (Phi) is 6.86. The lowest BCUT2D eigenvalue weighted by Gasteiger charge is -2.16. The number of nitrogens with one attached hydrogen (secondary N) is 2. The predicted molar refractivity (Wildman–Crippen MR) is 112 cm³/mol. The highest BCUT2D eigenvalue weighted by Gasteiger charge is 2.14. The number of aromatic amines is 1. The second-order valence-corrected chi connectivity index (χ2v) is 7.01. The third kappa shape index (κ3) is 5.47. The number of H-pyrrole nitrogens is 1. The number of thioether (sulfide) groups is 1. The van der Waals surface area contributed by atoms with Crippen LogP contribution in [0.3, 0.4) is 0 Å². The van der Waals surface area contributed by atoms with Gasteiger partial charge in [-0.3, -0.25) is 9.89 Å². The molecule has 2 aromatic carbocycles. The first-order chi connectivity index (χ1) is 13.7. The standard InChI is InChI=1S/C21H22N4O2S/c1-15(17-10-6-7-11-18(17)27-2)22-20(26)14-28-21-23-19(24-25-21)13-12-16-8-4-3-5-9-16/h3-13,15H,14H2,1-2H3,(H,22,26)(H,23,24,25)/b13-12+. The number of ether oxygens (including phenoxy) is 1. The second kappa shape index (κ2) is 9.75. The molecule has 0 saturated carbocycles. The van der Waals surface area contributed by atoms with E-state index in [9.17, 15) is 4.79 Å². The first kappa shape index (κ1) is 19.7. The van der Waals surface area contributed by atoms with Crippen molar-refractivity contribution in [2.75, 3.05) is 12.9 Å². The molecule has 2 N–H and O–H groups in total. The summed E-state index contributed by atoms with van der Waals surface area (Å²) in [4.78, 5) is 16.6.